The number of hydrogen-bond acceptors (Lipinski definition) is 6. The highest BCUT2D eigenvalue weighted by atomic mass is 32.2. The number of carbonyl (C=O) groups excluding carboxylic acids is 1. The second-order valence-electron chi connectivity index (χ2n) is 7.26. The molecular formula is C22H25N3O5S. The van der Waals surface area contributed by atoms with E-state index in [4.69, 9.17) is 10.5 Å². The second-order valence-corrected chi connectivity index (χ2v) is 9.09. The van der Waals surface area contributed by atoms with Gasteiger partial charge < -0.3 is 15.8 Å². The number of benzene rings is 2. The Morgan fingerprint density at radius 2 is 1.97 bits per heavy atom. The lowest BCUT2D eigenvalue weighted by Gasteiger charge is -2.18. The first-order valence-corrected chi connectivity index (χ1v) is 11.3. The Morgan fingerprint density at radius 1 is 1.26 bits per heavy atom. The predicted octanol–water partition coefficient (Wildman–Crippen LogP) is 3.47. The maximum absolute atomic E-state index is 12.1. The Bertz CT molecular complexity index is 1240. The molecule has 0 fully saturated rings. The molecule has 1 amide bonds. The minimum atomic E-state index is -4.23. The van der Waals surface area contributed by atoms with Crippen LogP contribution in [0.4, 0.5) is 11.4 Å². The van der Waals surface area contributed by atoms with Crippen LogP contribution in [-0.2, 0) is 23.0 Å². The molecule has 31 heavy (non-hydrogen) atoms. The molecule has 1 unspecified atom stereocenters. The average molecular weight is 444 g/mol. The number of hydrogen-bond donors (Lipinski definition) is 3. The maximum atomic E-state index is 12.1. The Kier molecular flexibility index (Phi) is 6.47. The van der Waals surface area contributed by atoms with Gasteiger partial charge in [-0.3, -0.25) is 14.3 Å². The molecule has 164 valence electrons. The van der Waals surface area contributed by atoms with Crippen LogP contribution in [0, 0.1) is 0 Å². The van der Waals surface area contributed by atoms with Crippen molar-refractivity contribution >= 4 is 38.3 Å². The van der Waals surface area contributed by atoms with Crippen LogP contribution >= 0.6 is 0 Å². The number of carbonyl (C=O) groups is 1. The number of nitrogens with zero attached hydrogens (tertiary/aromatic N) is 1. The van der Waals surface area contributed by atoms with E-state index in [9.17, 15) is 17.8 Å². The zero-order valence-corrected chi connectivity index (χ0v) is 18.4. The number of nitrogens with one attached hydrogen (secondary N) is 1. The number of pyridine rings is 1. The lowest BCUT2D eigenvalue weighted by molar-refractivity contribution is 0.100. The Labute approximate surface area is 181 Å². The van der Waals surface area contributed by atoms with E-state index >= 15 is 0 Å². The van der Waals surface area contributed by atoms with E-state index in [1.54, 1.807) is 12.1 Å². The van der Waals surface area contributed by atoms with Gasteiger partial charge in [-0.05, 0) is 43.0 Å². The van der Waals surface area contributed by atoms with Gasteiger partial charge >= 0.3 is 0 Å². The largest absolute Gasteiger partial charge is 0.496 e. The van der Waals surface area contributed by atoms with E-state index in [-0.39, 0.29) is 12.0 Å². The minimum Gasteiger partial charge on any atom is -0.496 e. The minimum absolute atomic E-state index is 0.0176. The van der Waals surface area contributed by atoms with Crippen LogP contribution in [0.3, 0.4) is 0 Å². The molecule has 3 rings (SSSR count). The number of anilines is 2. The summed E-state index contributed by atoms with van der Waals surface area (Å²) in [6.07, 6.45) is 2.20. The molecule has 0 aliphatic heterocycles. The van der Waals surface area contributed by atoms with Crippen molar-refractivity contribution in [3.8, 4) is 5.75 Å². The van der Waals surface area contributed by atoms with Gasteiger partial charge in [-0.25, -0.2) is 0 Å². The third-order valence-corrected chi connectivity index (χ3v) is 6.39. The number of fused-ring (bicyclic) bond motifs is 1. The van der Waals surface area contributed by atoms with Gasteiger partial charge in [0.05, 0.1) is 29.1 Å². The first-order valence-electron chi connectivity index (χ1n) is 9.76. The summed E-state index contributed by atoms with van der Waals surface area (Å²) in [5.41, 5.74) is 9.26. The number of ether oxygens (including phenoxy) is 1. The summed E-state index contributed by atoms with van der Waals surface area (Å²) < 4.78 is 37.9. The molecule has 1 aromatic heterocycles. The highest BCUT2D eigenvalue weighted by molar-refractivity contribution is 7.86. The van der Waals surface area contributed by atoms with Gasteiger partial charge in [-0.2, -0.15) is 8.42 Å². The second kappa shape index (κ2) is 8.91. The number of methoxy groups -OCH3 is 1. The summed E-state index contributed by atoms with van der Waals surface area (Å²) in [6.45, 7) is 3.44. The summed E-state index contributed by atoms with van der Waals surface area (Å²) in [7, 11) is -2.76. The molecule has 0 aliphatic carbocycles. The van der Waals surface area contributed by atoms with Crippen LogP contribution in [0.15, 0.2) is 42.6 Å². The van der Waals surface area contributed by atoms with Crippen LogP contribution in [0.5, 0.6) is 5.75 Å². The van der Waals surface area contributed by atoms with Crippen molar-refractivity contribution in [1.29, 1.82) is 0 Å². The van der Waals surface area contributed by atoms with Gasteiger partial charge in [-0.15, -0.1) is 0 Å². The number of aromatic nitrogens is 1. The summed E-state index contributed by atoms with van der Waals surface area (Å²) in [5, 5.41) is 2.86. The van der Waals surface area contributed by atoms with Crippen LogP contribution in [-0.4, -0.2) is 36.2 Å². The monoisotopic (exact) mass is 443 g/mol. The SMILES string of the molecule is CCc1ccccc1Nc1c(C(N)=O)cnc2cc(OC)c(CC(C)S(=O)(=O)O)cc12. The van der Waals surface area contributed by atoms with Crippen LogP contribution in [0.2, 0.25) is 0 Å². The molecule has 0 bridgehead atoms. The van der Waals surface area contributed by atoms with Crippen molar-refractivity contribution in [2.45, 2.75) is 31.9 Å². The zero-order chi connectivity index (χ0) is 22.8. The molecule has 1 atom stereocenters. The van der Waals surface area contributed by atoms with E-state index in [0.29, 0.717) is 27.9 Å². The first-order chi connectivity index (χ1) is 14.7. The van der Waals surface area contributed by atoms with Crippen LogP contribution in [0.25, 0.3) is 10.9 Å². The van der Waals surface area contributed by atoms with Crippen molar-refractivity contribution in [3.05, 3.63) is 59.3 Å². The molecule has 3 aromatic rings. The number of rotatable bonds is 8. The van der Waals surface area contributed by atoms with Crippen LogP contribution in [0.1, 0.15) is 35.3 Å². The molecule has 0 saturated heterocycles. The summed E-state index contributed by atoms with van der Waals surface area (Å²) >= 11 is 0. The highest BCUT2D eigenvalue weighted by Crippen LogP contribution is 2.35. The molecule has 0 radical (unpaired) electrons. The highest BCUT2D eigenvalue weighted by Gasteiger charge is 2.22. The van der Waals surface area contributed by atoms with Gasteiger partial charge in [0.2, 0.25) is 0 Å². The fourth-order valence-corrected chi connectivity index (χ4v) is 3.83. The van der Waals surface area contributed by atoms with Gasteiger partial charge in [0.15, 0.2) is 0 Å². The van der Waals surface area contributed by atoms with Crippen molar-refractivity contribution < 1.29 is 22.5 Å². The third-order valence-electron chi connectivity index (χ3n) is 5.21. The fourth-order valence-electron chi connectivity index (χ4n) is 3.44. The molecule has 9 heteroatoms. The number of para-hydroxylation sites is 1. The number of aryl methyl sites for hydroxylation is 1. The lowest BCUT2D eigenvalue weighted by Crippen LogP contribution is -2.19. The van der Waals surface area contributed by atoms with Gasteiger partial charge in [0, 0.05) is 23.3 Å². The van der Waals surface area contributed by atoms with Crippen molar-refractivity contribution in [2.24, 2.45) is 5.73 Å². The van der Waals surface area contributed by atoms with Crippen molar-refractivity contribution in [3.63, 3.8) is 0 Å². The van der Waals surface area contributed by atoms with Crippen molar-refractivity contribution in [1.82, 2.24) is 4.98 Å². The molecule has 1 heterocycles. The Morgan fingerprint density at radius 3 is 2.58 bits per heavy atom. The number of primary amides is 1. The Hall–Kier alpha value is -3.17. The number of nitrogens with two attached hydrogens (primary N) is 1. The molecule has 0 spiro atoms. The normalized spacial score (nSPS) is 12.5. The molecule has 0 saturated carbocycles. The fraction of sp³-hybridized carbons (Fsp3) is 0.273. The maximum Gasteiger partial charge on any atom is 0.267 e. The molecule has 4 N–H and O–H groups in total. The smallest absolute Gasteiger partial charge is 0.267 e. The average Bonchev–Trinajstić information content (AvgIpc) is 2.73. The summed E-state index contributed by atoms with van der Waals surface area (Å²) in [6, 6.07) is 11.1. The van der Waals surface area contributed by atoms with Crippen molar-refractivity contribution in [2.75, 3.05) is 12.4 Å². The molecule has 8 nitrogen and oxygen atoms in total. The standard InChI is InChI=1S/C22H25N3O5S/c1-4-14-7-5-6-8-18(14)25-21-16-10-15(9-13(2)31(27,28)29)20(30-3)11-19(16)24-12-17(21)22(23)26/h5-8,10-13H,4,9H2,1-3H3,(H2,23,26)(H,24,25)(H,27,28,29). The Balaban J connectivity index is 2.23. The lowest BCUT2D eigenvalue weighted by atomic mass is 10.0. The summed E-state index contributed by atoms with van der Waals surface area (Å²) in [4.78, 5) is 16.5. The first kappa shape index (κ1) is 22.5. The molecule has 0 aliphatic rings. The zero-order valence-electron chi connectivity index (χ0n) is 17.5. The predicted molar refractivity (Wildman–Crippen MR) is 121 cm³/mol. The van der Waals surface area contributed by atoms with E-state index in [1.807, 2.05) is 31.2 Å². The van der Waals surface area contributed by atoms with Gasteiger partial charge in [0.25, 0.3) is 16.0 Å². The topological polar surface area (TPSA) is 132 Å². The van der Waals surface area contributed by atoms with E-state index in [2.05, 4.69) is 10.3 Å². The van der Waals surface area contributed by atoms with E-state index < -0.39 is 21.3 Å². The third kappa shape index (κ3) is 4.78. The van der Waals surface area contributed by atoms with Crippen LogP contribution < -0.4 is 15.8 Å². The number of amides is 1. The molecule has 2 aromatic carbocycles. The van der Waals surface area contributed by atoms with E-state index in [1.165, 1.54) is 20.2 Å². The van der Waals surface area contributed by atoms with E-state index in [0.717, 1.165) is 17.7 Å². The summed E-state index contributed by atoms with van der Waals surface area (Å²) in [5.74, 6) is -0.211. The molecular weight excluding hydrogens is 418 g/mol. The quantitative estimate of drug-likeness (QED) is 0.454. The van der Waals surface area contributed by atoms with Gasteiger partial charge in [-0.1, -0.05) is 25.1 Å². The van der Waals surface area contributed by atoms with Gasteiger partial charge in [0.1, 0.15) is 5.75 Å².